The average Bonchev–Trinajstić information content (AvgIpc) is 2.67. The van der Waals surface area contributed by atoms with Crippen LogP contribution in [0.4, 0.5) is 5.69 Å². The van der Waals surface area contributed by atoms with Crippen LogP contribution in [0.15, 0.2) is 75.9 Å². The highest BCUT2D eigenvalue weighted by molar-refractivity contribution is 5.95. The number of anilines is 1. The average molecular weight is 335 g/mol. The number of hydrogen-bond donors (Lipinski definition) is 1. The number of esters is 1. The molecule has 3 rings (SSSR count). The number of rotatable bonds is 5. The topological polar surface area (TPSA) is 68.5 Å². The lowest BCUT2D eigenvalue weighted by Crippen LogP contribution is -2.19. The van der Waals surface area contributed by atoms with Crippen LogP contribution in [0.25, 0.3) is 11.3 Å². The lowest BCUT2D eigenvalue weighted by molar-refractivity contribution is 0.0597. The zero-order chi connectivity index (χ0) is 17.6. The molecule has 0 radical (unpaired) electrons. The zero-order valence-corrected chi connectivity index (χ0v) is 13.7. The largest absolute Gasteiger partial charge is 0.465 e. The fourth-order valence-corrected chi connectivity index (χ4v) is 2.47. The van der Waals surface area contributed by atoms with E-state index in [1.807, 2.05) is 60.7 Å². The minimum absolute atomic E-state index is 0.141. The standard InChI is InChI=1S/C20H17NO4/c1-24-19(22)18-16(21-13-14-8-4-2-5-9-14)12-17(25-20(18)23)15-10-6-3-7-11-15/h2-12,21H,13H2,1H3. The maximum Gasteiger partial charge on any atom is 0.353 e. The minimum Gasteiger partial charge on any atom is -0.465 e. The van der Waals surface area contributed by atoms with Crippen molar-refractivity contribution in [3.8, 4) is 11.3 Å². The molecule has 0 aliphatic carbocycles. The summed E-state index contributed by atoms with van der Waals surface area (Å²) in [4.78, 5) is 24.3. The predicted molar refractivity (Wildman–Crippen MR) is 95.5 cm³/mol. The van der Waals surface area contributed by atoms with Gasteiger partial charge in [0.2, 0.25) is 0 Å². The quantitative estimate of drug-likeness (QED) is 0.720. The summed E-state index contributed by atoms with van der Waals surface area (Å²) in [5.41, 5.74) is 1.28. The van der Waals surface area contributed by atoms with E-state index in [4.69, 9.17) is 9.15 Å². The highest BCUT2D eigenvalue weighted by Crippen LogP contribution is 2.24. The van der Waals surface area contributed by atoms with Crippen LogP contribution >= 0.6 is 0 Å². The Labute approximate surface area is 144 Å². The summed E-state index contributed by atoms with van der Waals surface area (Å²) in [7, 11) is 1.23. The number of carbonyl (C=O) groups excluding carboxylic acids is 1. The van der Waals surface area contributed by atoms with Gasteiger partial charge in [0.25, 0.3) is 0 Å². The van der Waals surface area contributed by atoms with Gasteiger partial charge in [0, 0.05) is 18.2 Å². The molecule has 0 spiro atoms. The Morgan fingerprint density at radius 2 is 1.68 bits per heavy atom. The fraction of sp³-hybridized carbons (Fsp3) is 0.100. The molecule has 0 aliphatic heterocycles. The Hall–Kier alpha value is -3.34. The van der Waals surface area contributed by atoms with Crippen molar-refractivity contribution in [2.75, 3.05) is 12.4 Å². The third-order valence-corrected chi connectivity index (χ3v) is 3.73. The van der Waals surface area contributed by atoms with Gasteiger partial charge in [-0.1, -0.05) is 60.7 Å². The van der Waals surface area contributed by atoms with Crippen molar-refractivity contribution in [3.05, 3.63) is 88.3 Å². The van der Waals surface area contributed by atoms with E-state index in [0.29, 0.717) is 18.0 Å². The number of ether oxygens (including phenoxy) is 1. The van der Waals surface area contributed by atoms with E-state index in [2.05, 4.69) is 5.32 Å². The van der Waals surface area contributed by atoms with Crippen molar-refractivity contribution in [2.45, 2.75) is 6.54 Å². The monoisotopic (exact) mass is 335 g/mol. The third-order valence-electron chi connectivity index (χ3n) is 3.73. The van der Waals surface area contributed by atoms with Gasteiger partial charge >= 0.3 is 11.6 Å². The molecule has 0 atom stereocenters. The van der Waals surface area contributed by atoms with Crippen LogP contribution in [-0.2, 0) is 11.3 Å². The van der Waals surface area contributed by atoms with E-state index in [0.717, 1.165) is 11.1 Å². The van der Waals surface area contributed by atoms with Crippen molar-refractivity contribution < 1.29 is 13.9 Å². The lowest BCUT2D eigenvalue weighted by Gasteiger charge is -2.11. The van der Waals surface area contributed by atoms with Crippen molar-refractivity contribution >= 4 is 11.7 Å². The molecule has 25 heavy (non-hydrogen) atoms. The Balaban J connectivity index is 2.01. The molecule has 1 aromatic heterocycles. The van der Waals surface area contributed by atoms with E-state index in [9.17, 15) is 9.59 Å². The van der Waals surface area contributed by atoms with Crippen molar-refractivity contribution in [3.63, 3.8) is 0 Å². The molecular weight excluding hydrogens is 318 g/mol. The number of hydrogen-bond acceptors (Lipinski definition) is 5. The maximum atomic E-state index is 12.3. The molecule has 3 aromatic rings. The molecule has 0 bridgehead atoms. The second-order valence-electron chi connectivity index (χ2n) is 5.38. The molecule has 5 nitrogen and oxygen atoms in total. The van der Waals surface area contributed by atoms with Gasteiger partial charge < -0.3 is 14.5 Å². The summed E-state index contributed by atoms with van der Waals surface area (Å²) in [6.45, 7) is 0.461. The van der Waals surface area contributed by atoms with Gasteiger partial charge in [-0.3, -0.25) is 0 Å². The predicted octanol–water partition coefficient (Wildman–Crippen LogP) is 3.71. The number of methoxy groups -OCH3 is 1. The summed E-state index contributed by atoms with van der Waals surface area (Å²) in [5, 5.41) is 3.13. The Kier molecular flexibility index (Phi) is 4.95. The molecule has 0 saturated carbocycles. The van der Waals surface area contributed by atoms with Crippen molar-refractivity contribution in [2.24, 2.45) is 0 Å². The molecule has 1 N–H and O–H groups in total. The SMILES string of the molecule is COC(=O)c1c(NCc2ccccc2)cc(-c2ccccc2)oc1=O. The highest BCUT2D eigenvalue weighted by atomic mass is 16.5. The Morgan fingerprint density at radius 1 is 1.04 bits per heavy atom. The van der Waals surface area contributed by atoms with Gasteiger partial charge in [-0.05, 0) is 5.56 Å². The van der Waals surface area contributed by atoms with E-state index in [1.54, 1.807) is 6.07 Å². The van der Waals surface area contributed by atoms with Gasteiger partial charge in [0.05, 0.1) is 12.8 Å². The molecule has 126 valence electrons. The van der Waals surface area contributed by atoms with E-state index in [1.165, 1.54) is 7.11 Å². The smallest absolute Gasteiger partial charge is 0.353 e. The fourth-order valence-electron chi connectivity index (χ4n) is 2.47. The number of nitrogens with one attached hydrogen (secondary N) is 1. The zero-order valence-electron chi connectivity index (χ0n) is 13.7. The third kappa shape index (κ3) is 3.77. The molecule has 0 aliphatic rings. The van der Waals surface area contributed by atoms with Crippen LogP contribution in [0.5, 0.6) is 0 Å². The summed E-state index contributed by atoms with van der Waals surface area (Å²) < 4.78 is 10.0. The molecule has 0 unspecified atom stereocenters. The number of carbonyl (C=O) groups is 1. The van der Waals surface area contributed by atoms with Crippen LogP contribution in [0.1, 0.15) is 15.9 Å². The van der Waals surface area contributed by atoms with Gasteiger partial charge in [-0.2, -0.15) is 0 Å². The van der Waals surface area contributed by atoms with E-state index in [-0.39, 0.29) is 5.56 Å². The van der Waals surface area contributed by atoms with Crippen LogP contribution in [0.3, 0.4) is 0 Å². The normalized spacial score (nSPS) is 10.3. The first kappa shape index (κ1) is 16.5. The van der Waals surface area contributed by atoms with Crippen molar-refractivity contribution in [1.82, 2.24) is 0 Å². The number of benzene rings is 2. The van der Waals surface area contributed by atoms with Gasteiger partial charge in [-0.25, -0.2) is 9.59 Å². The molecular formula is C20H17NO4. The summed E-state index contributed by atoms with van der Waals surface area (Å²) in [6, 6.07) is 20.6. The first-order chi connectivity index (χ1) is 12.2. The maximum absolute atomic E-state index is 12.3. The summed E-state index contributed by atoms with van der Waals surface area (Å²) in [6.07, 6.45) is 0. The second-order valence-corrected chi connectivity index (χ2v) is 5.38. The van der Waals surface area contributed by atoms with E-state index < -0.39 is 11.6 Å². The summed E-state index contributed by atoms with van der Waals surface area (Å²) in [5.74, 6) is -0.349. The van der Waals surface area contributed by atoms with Gasteiger partial charge in [-0.15, -0.1) is 0 Å². The molecule has 5 heteroatoms. The van der Waals surface area contributed by atoms with Crippen LogP contribution in [0.2, 0.25) is 0 Å². The molecule has 2 aromatic carbocycles. The van der Waals surface area contributed by atoms with Gasteiger partial charge in [0.1, 0.15) is 5.76 Å². The first-order valence-corrected chi connectivity index (χ1v) is 7.78. The first-order valence-electron chi connectivity index (χ1n) is 7.78. The molecule has 1 heterocycles. The van der Waals surface area contributed by atoms with Crippen LogP contribution < -0.4 is 10.9 Å². The lowest BCUT2D eigenvalue weighted by atomic mass is 10.1. The Morgan fingerprint density at radius 3 is 2.32 bits per heavy atom. The van der Waals surface area contributed by atoms with Gasteiger partial charge in [0.15, 0.2) is 5.56 Å². The Bertz CT molecular complexity index is 917. The van der Waals surface area contributed by atoms with Crippen LogP contribution in [-0.4, -0.2) is 13.1 Å². The molecule has 0 amide bonds. The highest BCUT2D eigenvalue weighted by Gasteiger charge is 2.20. The van der Waals surface area contributed by atoms with Crippen LogP contribution in [0, 0.1) is 0 Å². The minimum atomic E-state index is -0.733. The van der Waals surface area contributed by atoms with E-state index >= 15 is 0 Å². The van der Waals surface area contributed by atoms with Crippen molar-refractivity contribution in [1.29, 1.82) is 0 Å². The molecule has 0 fully saturated rings. The molecule has 0 saturated heterocycles. The summed E-state index contributed by atoms with van der Waals surface area (Å²) >= 11 is 0. The second kappa shape index (κ2) is 7.49.